The van der Waals surface area contributed by atoms with E-state index in [1.807, 2.05) is 0 Å². The van der Waals surface area contributed by atoms with Crippen LogP contribution in [0.25, 0.3) is 0 Å². The van der Waals surface area contributed by atoms with E-state index in [9.17, 15) is 5.11 Å². The second-order valence-corrected chi connectivity index (χ2v) is 6.33. The second kappa shape index (κ2) is 6.17. The fourth-order valence-electron chi connectivity index (χ4n) is 2.64. The first-order chi connectivity index (χ1) is 7.85. The van der Waals surface area contributed by atoms with E-state index in [2.05, 4.69) is 20.8 Å². The minimum absolute atomic E-state index is 0.226. The number of hydrogen-bond acceptors (Lipinski definition) is 3. The third-order valence-corrected chi connectivity index (χ3v) is 3.91. The van der Waals surface area contributed by atoms with E-state index in [0.29, 0.717) is 17.8 Å². The zero-order valence-electron chi connectivity index (χ0n) is 11.6. The Kier molecular flexibility index (Phi) is 5.42. The van der Waals surface area contributed by atoms with Crippen LogP contribution in [0.3, 0.4) is 0 Å². The van der Waals surface area contributed by atoms with Gasteiger partial charge in [-0.3, -0.25) is 0 Å². The van der Waals surface area contributed by atoms with Gasteiger partial charge in [0.05, 0.1) is 19.3 Å². The summed E-state index contributed by atoms with van der Waals surface area (Å²) in [5.41, 5.74) is -1.11. The van der Waals surface area contributed by atoms with Crippen LogP contribution in [0.1, 0.15) is 47.0 Å². The van der Waals surface area contributed by atoms with Gasteiger partial charge in [-0.1, -0.05) is 27.2 Å². The van der Waals surface area contributed by atoms with E-state index in [1.54, 1.807) is 6.92 Å². The molecule has 17 heavy (non-hydrogen) atoms. The van der Waals surface area contributed by atoms with Gasteiger partial charge < -0.3 is 14.9 Å². The summed E-state index contributed by atoms with van der Waals surface area (Å²) in [4.78, 5) is 0. The van der Waals surface area contributed by atoms with Gasteiger partial charge in [0.15, 0.2) is 0 Å². The van der Waals surface area contributed by atoms with Crippen molar-refractivity contribution in [2.75, 3.05) is 13.2 Å². The van der Waals surface area contributed by atoms with Crippen molar-refractivity contribution in [1.29, 1.82) is 0 Å². The lowest BCUT2D eigenvalue weighted by Crippen LogP contribution is -2.41. The molecule has 0 aromatic rings. The maximum Gasteiger partial charge on any atom is 0.108 e. The van der Waals surface area contributed by atoms with Crippen LogP contribution in [0.15, 0.2) is 0 Å². The summed E-state index contributed by atoms with van der Waals surface area (Å²) in [5.74, 6) is 1.90. The van der Waals surface area contributed by atoms with E-state index < -0.39 is 5.60 Å². The summed E-state index contributed by atoms with van der Waals surface area (Å²) < 4.78 is 5.87. The summed E-state index contributed by atoms with van der Waals surface area (Å²) in [7, 11) is 0. The highest BCUT2D eigenvalue weighted by Crippen LogP contribution is 2.35. The first kappa shape index (κ1) is 14.9. The summed E-state index contributed by atoms with van der Waals surface area (Å²) in [6, 6.07) is 0. The summed E-state index contributed by atoms with van der Waals surface area (Å²) in [5, 5.41) is 18.8. The van der Waals surface area contributed by atoms with Crippen molar-refractivity contribution in [3.8, 4) is 0 Å². The molecule has 0 bridgehead atoms. The fourth-order valence-corrected chi connectivity index (χ4v) is 2.64. The van der Waals surface area contributed by atoms with Crippen molar-refractivity contribution in [3.05, 3.63) is 0 Å². The predicted octanol–water partition coefficient (Wildman–Crippen LogP) is 2.21. The van der Waals surface area contributed by atoms with Gasteiger partial charge in [0.1, 0.15) is 5.60 Å². The topological polar surface area (TPSA) is 49.7 Å². The SMILES string of the molecule is CC(C)[C@H]1CC[C@@H](C)C[C@@H]1OC[C@@](C)(O)CO. The molecule has 3 heteroatoms. The fraction of sp³-hybridized carbons (Fsp3) is 1.00. The van der Waals surface area contributed by atoms with E-state index in [0.717, 1.165) is 6.42 Å². The monoisotopic (exact) mass is 244 g/mol. The smallest absolute Gasteiger partial charge is 0.108 e. The molecular weight excluding hydrogens is 216 g/mol. The molecule has 0 aromatic heterocycles. The van der Waals surface area contributed by atoms with Gasteiger partial charge in [-0.15, -0.1) is 0 Å². The van der Waals surface area contributed by atoms with Crippen LogP contribution in [0.2, 0.25) is 0 Å². The van der Waals surface area contributed by atoms with Gasteiger partial charge >= 0.3 is 0 Å². The molecule has 0 aromatic carbocycles. The molecule has 1 aliphatic carbocycles. The van der Waals surface area contributed by atoms with E-state index in [-0.39, 0.29) is 19.3 Å². The number of aliphatic hydroxyl groups excluding tert-OH is 1. The van der Waals surface area contributed by atoms with Crippen molar-refractivity contribution < 1.29 is 14.9 Å². The van der Waals surface area contributed by atoms with Crippen LogP contribution >= 0.6 is 0 Å². The molecular formula is C14H28O3. The third kappa shape index (κ3) is 4.57. The highest BCUT2D eigenvalue weighted by atomic mass is 16.5. The lowest BCUT2D eigenvalue weighted by atomic mass is 9.75. The van der Waals surface area contributed by atoms with Gasteiger partial charge in [-0.05, 0) is 37.5 Å². The van der Waals surface area contributed by atoms with Gasteiger partial charge in [0.2, 0.25) is 0 Å². The molecule has 0 radical (unpaired) electrons. The summed E-state index contributed by atoms with van der Waals surface area (Å²) in [6.07, 6.45) is 3.80. The second-order valence-electron chi connectivity index (χ2n) is 6.33. The molecule has 1 saturated carbocycles. The predicted molar refractivity (Wildman–Crippen MR) is 68.8 cm³/mol. The molecule has 102 valence electrons. The molecule has 1 fully saturated rings. The van der Waals surface area contributed by atoms with Crippen LogP contribution in [0.5, 0.6) is 0 Å². The molecule has 0 heterocycles. The van der Waals surface area contributed by atoms with Crippen LogP contribution in [0.4, 0.5) is 0 Å². The van der Waals surface area contributed by atoms with Crippen molar-refractivity contribution in [2.45, 2.75) is 58.7 Å². The molecule has 0 saturated heterocycles. The molecule has 4 atom stereocenters. The first-order valence-corrected chi connectivity index (χ1v) is 6.80. The average molecular weight is 244 g/mol. The number of ether oxygens (including phenoxy) is 1. The molecule has 3 nitrogen and oxygen atoms in total. The molecule has 0 amide bonds. The van der Waals surface area contributed by atoms with Crippen molar-refractivity contribution in [1.82, 2.24) is 0 Å². The lowest BCUT2D eigenvalue weighted by molar-refractivity contribution is -0.116. The minimum Gasteiger partial charge on any atom is -0.393 e. The highest BCUT2D eigenvalue weighted by molar-refractivity contribution is 4.82. The van der Waals surface area contributed by atoms with E-state index in [4.69, 9.17) is 9.84 Å². The molecule has 0 spiro atoms. The maximum absolute atomic E-state index is 9.77. The Labute approximate surface area is 105 Å². The molecule has 0 unspecified atom stereocenters. The van der Waals surface area contributed by atoms with Crippen LogP contribution < -0.4 is 0 Å². The van der Waals surface area contributed by atoms with Gasteiger partial charge in [0, 0.05) is 0 Å². The average Bonchev–Trinajstić information content (AvgIpc) is 2.26. The van der Waals surface area contributed by atoms with E-state index in [1.165, 1.54) is 12.8 Å². The zero-order valence-corrected chi connectivity index (χ0v) is 11.6. The Hall–Kier alpha value is -0.120. The van der Waals surface area contributed by atoms with Crippen LogP contribution in [0, 0.1) is 17.8 Å². The Morgan fingerprint density at radius 1 is 1.35 bits per heavy atom. The van der Waals surface area contributed by atoms with Gasteiger partial charge in [-0.2, -0.15) is 0 Å². The Bertz CT molecular complexity index is 226. The summed E-state index contributed by atoms with van der Waals surface area (Å²) in [6.45, 7) is 8.33. The molecule has 1 aliphatic rings. The van der Waals surface area contributed by atoms with Crippen molar-refractivity contribution in [2.24, 2.45) is 17.8 Å². The minimum atomic E-state index is -1.11. The van der Waals surface area contributed by atoms with Crippen LogP contribution in [-0.2, 0) is 4.74 Å². The lowest BCUT2D eigenvalue weighted by Gasteiger charge is -2.38. The number of hydrogen-bond donors (Lipinski definition) is 2. The largest absolute Gasteiger partial charge is 0.393 e. The van der Waals surface area contributed by atoms with Gasteiger partial charge in [0.25, 0.3) is 0 Å². The molecule has 2 N–H and O–H groups in total. The van der Waals surface area contributed by atoms with Crippen LogP contribution in [-0.4, -0.2) is 35.1 Å². The highest BCUT2D eigenvalue weighted by Gasteiger charge is 2.33. The third-order valence-electron chi connectivity index (χ3n) is 3.91. The normalized spacial score (nSPS) is 33.7. The quantitative estimate of drug-likeness (QED) is 0.779. The van der Waals surface area contributed by atoms with Gasteiger partial charge in [-0.25, -0.2) is 0 Å². The number of aliphatic hydroxyl groups is 2. The zero-order chi connectivity index (χ0) is 13.1. The molecule has 1 rings (SSSR count). The van der Waals surface area contributed by atoms with Crippen molar-refractivity contribution in [3.63, 3.8) is 0 Å². The molecule has 0 aliphatic heterocycles. The summed E-state index contributed by atoms with van der Waals surface area (Å²) >= 11 is 0. The Balaban J connectivity index is 2.52. The Morgan fingerprint density at radius 3 is 2.53 bits per heavy atom. The van der Waals surface area contributed by atoms with E-state index >= 15 is 0 Å². The van der Waals surface area contributed by atoms with Crippen molar-refractivity contribution >= 4 is 0 Å². The Morgan fingerprint density at radius 2 is 2.00 bits per heavy atom. The maximum atomic E-state index is 9.77. The first-order valence-electron chi connectivity index (χ1n) is 6.80. The standard InChI is InChI=1S/C14H28O3/c1-10(2)12-6-5-11(3)7-13(12)17-9-14(4,16)8-15/h10-13,15-16H,5-9H2,1-4H3/t11-,12-,13+,14+/m1/s1. The number of rotatable bonds is 5.